The summed E-state index contributed by atoms with van der Waals surface area (Å²) in [5, 5.41) is 16.7. The third-order valence-electron chi connectivity index (χ3n) is 3.72. The molecular weight excluding hydrogens is 369 g/mol. The van der Waals surface area contributed by atoms with Crippen LogP contribution in [0.5, 0.6) is 5.75 Å². The van der Waals surface area contributed by atoms with Gasteiger partial charge in [-0.2, -0.15) is 0 Å². The number of thioether (sulfide) groups is 1. The highest BCUT2D eigenvalue weighted by Crippen LogP contribution is 2.26. The number of halogens is 1. The fourth-order valence-corrected chi connectivity index (χ4v) is 2.98. The number of hydrogen-bond acceptors (Lipinski definition) is 7. The maximum absolute atomic E-state index is 13.0. The molecule has 0 amide bonds. The highest BCUT2D eigenvalue weighted by Gasteiger charge is 2.11. The van der Waals surface area contributed by atoms with E-state index < -0.39 is 0 Å². The molecule has 0 saturated heterocycles. The van der Waals surface area contributed by atoms with Gasteiger partial charge in [-0.05, 0) is 48.5 Å². The van der Waals surface area contributed by atoms with E-state index in [1.54, 1.807) is 30.1 Å². The van der Waals surface area contributed by atoms with E-state index in [2.05, 4.69) is 20.5 Å². The Hall–Kier alpha value is -3.20. The summed E-state index contributed by atoms with van der Waals surface area (Å²) in [6.45, 7) is 0. The van der Waals surface area contributed by atoms with Crippen LogP contribution >= 0.6 is 11.8 Å². The average molecular weight is 383 g/mol. The van der Waals surface area contributed by atoms with Gasteiger partial charge in [0, 0.05) is 11.3 Å². The molecule has 27 heavy (non-hydrogen) atoms. The van der Waals surface area contributed by atoms with Gasteiger partial charge in [-0.3, -0.25) is 0 Å². The van der Waals surface area contributed by atoms with E-state index in [1.807, 2.05) is 24.3 Å². The van der Waals surface area contributed by atoms with E-state index in [4.69, 9.17) is 9.15 Å². The first kappa shape index (κ1) is 17.2. The van der Waals surface area contributed by atoms with Crippen LogP contribution in [0.2, 0.25) is 0 Å². The Morgan fingerprint density at radius 3 is 2.56 bits per heavy atom. The van der Waals surface area contributed by atoms with Crippen LogP contribution in [0, 0.1) is 5.82 Å². The van der Waals surface area contributed by atoms with Crippen LogP contribution in [0.3, 0.4) is 0 Å². The lowest BCUT2D eigenvalue weighted by atomic mass is 10.2. The van der Waals surface area contributed by atoms with Gasteiger partial charge in [0.2, 0.25) is 5.89 Å². The second kappa shape index (κ2) is 7.58. The van der Waals surface area contributed by atoms with E-state index in [0.717, 1.165) is 22.7 Å². The van der Waals surface area contributed by atoms with Crippen molar-refractivity contribution in [2.24, 2.45) is 0 Å². The molecule has 2 heterocycles. The summed E-state index contributed by atoms with van der Waals surface area (Å²) < 4.78 is 25.4. The molecule has 0 aliphatic rings. The fourth-order valence-electron chi connectivity index (χ4n) is 2.34. The Kier molecular flexibility index (Phi) is 4.84. The van der Waals surface area contributed by atoms with Crippen molar-refractivity contribution >= 4 is 11.8 Å². The standard InChI is InChI=1S/C18H14FN5O2S/c1-25-16-8-2-12(3-9-16)17-21-22-18(26-17)27-11-14-10-24(23-20-14)15-6-4-13(19)5-7-15/h2-10H,11H2,1H3. The number of ether oxygens (including phenoxy) is 1. The summed E-state index contributed by atoms with van der Waals surface area (Å²) in [5.41, 5.74) is 2.30. The van der Waals surface area contributed by atoms with Gasteiger partial charge in [-0.25, -0.2) is 9.07 Å². The zero-order valence-electron chi connectivity index (χ0n) is 14.2. The molecular formula is C18H14FN5O2S. The maximum atomic E-state index is 13.0. The van der Waals surface area contributed by atoms with Crippen LogP contribution < -0.4 is 4.74 Å². The smallest absolute Gasteiger partial charge is 0.277 e. The Balaban J connectivity index is 1.40. The van der Waals surface area contributed by atoms with Crippen LogP contribution in [0.25, 0.3) is 17.1 Å². The summed E-state index contributed by atoms with van der Waals surface area (Å²) >= 11 is 1.37. The molecule has 0 saturated carbocycles. The SMILES string of the molecule is COc1ccc(-c2nnc(SCc3cn(-c4ccc(F)cc4)nn3)o2)cc1. The van der Waals surface area contributed by atoms with Gasteiger partial charge in [0.15, 0.2) is 0 Å². The Morgan fingerprint density at radius 1 is 1.04 bits per heavy atom. The van der Waals surface area contributed by atoms with Gasteiger partial charge in [0.1, 0.15) is 11.6 Å². The molecule has 2 aromatic heterocycles. The molecule has 0 fully saturated rings. The van der Waals surface area contributed by atoms with E-state index in [-0.39, 0.29) is 5.82 Å². The minimum absolute atomic E-state index is 0.293. The molecule has 7 nitrogen and oxygen atoms in total. The minimum Gasteiger partial charge on any atom is -0.497 e. The second-order valence-electron chi connectivity index (χ2n) is 5.52. The monoisotopic (exact) mass is 383 g/mol. The molecule has 0 aliphatic heterocycles. The van der Waals surface area contributed by atoms with Crippen LogP contribution in [0.15, 0.2) is 64.4 Å². The average Bonchev–Trinajstić information content (AvgIpc) is 3.37. The van der Waals surface area contributed by atoms with Crippen LogP contribution in [0.1, 0.15) is 5.69 Å². The molecule has 0 aliphatic carbocycles. The van der Waals surface area contributed by atoms with Crippen molar-refractivity contribution in [3.63, 3.8) is 0 Å². The van der Waals surface area contributed by atoms with Gasteiger partial charge in [0.25, 0.3) is 5.22 Å². The number of aromatic nitrogens is 5. The number of rotatable bonds is 6. The summed E-state index contributed by atoms with van der Waals surface area (Å²) in [4.78, 5) is 0. The Labute approximate surface area is 158 Å². The van der Waals surface area contributed by atoms with E-state index in [9.17, 15) is 4.39 Å². The van der Waals surface area contributed by atoms with Crippen molar-refractivity contribution in [1.82, 2.24) is 25.2 Å². The lowest BCUT2D eigenvalue weighted by Crippen LogP contribution is -1.94. The fraction of sp³-hybridized carbons (Fsp3) is 0.111. The zero-order valence-corrected chi connectivity index (χ0v) is 15.1. The summed E-state index contributed by atoms with van der Waals surface area (Å²) in [6, 6.07) is 13.4. The highest BCUT2D eigenvalue weighted by atomic mass is 32.2. The van der Waals surface area contributed by atoms with E-state index in [1.165, 1.54) is 23.9 Å². The predicted molar refractivity (Wildman–Crippen MR) is 97.2 cm³/mol. The molecule has 4 aromatic rings. The maximum Gasteiger partial charge on any atom is 0.277 e. The van der Waals surface area contributed by atoms with Crippen LogP contribution in [-0.4, -0.2) is 32.3 Å². The Bertz CT molecular complexity index is 1030. The molecule has 0 N–H and O–H groups in total. The van der Waals surface area contributed by atoms with Crippen molar-refractivity contribution in [1.29, 1.82) is 0 Å². The third-order valence-corrected chi connectivity index (χ3v) is 4.57. The molecule has 0 unspecified atom stereocenters. The molecule has 2 aromatic carbocycles. The highest BCUT2D eigenvalue weighted by molar-refractivity contribution is 7.98. The molecule has 4 rings (SSSR count). The number of hydrogen-bond donors (Lipinski definition) is 0. The van der Waals surface area contributed by atoms with E-state index >= 15 is 0 Å². The van der Waals surface area contributed by atoms with Crippen molar-refractivity contribution in [2.45, 2.75) is 11.0 Å². The number of methoxy groups -OCH3 is 1. The molecule has 0 atom stereocenters. The van der Waals surface area contributed by atoms with Crippen molar-refractivity contribution in [2.75, 3.05) is 7.11 Å². The second-order valence-corrected chi connectivity index (χ2v) is 6.45. The third kappa shape index (κ3) is 3.98. The largest absolute Gasteiger partial charge is 0.497 e. The van der Waals surface area contributed by atoms with Gasteiger partial charge in [-0.15, -0.1) is 15.3 Å². The number of nitrogens with zero attached hydrogens (tertiary/aromatic N) is 5. The van der Waals surface area contributed by atoms with Gasteiger partial charge in [-0.1, -0.05) is 17.0 Å². The lowest BCUT2D eigenvalue weighted by Gasteiger charge is -1.99. The zero-order chi connectivity index (χ0) is 18.6. The van der Waals surface area contributed by atoms with Gasteiger partial charge < -0.3 is 9.15 Å². The topological polar surface area (TPSA) is 78.9 Å². The molecule has 0 bridgehead atoms. The first-order chi connectivity index (χ1) is 13.2. The van der Waals surface area contributed by atoms with Crippen LogP contribution in [-0.2, 0) is 5.75 Å². The first-order valence-corrected chi connectivity index (χ1v) is 8.98. The summed E-state index contributed by atoms with van der Waals surface area (Å²) in [6.07, 6.45) is 1.78. The minimum atomic E-state index is -0.293. The quantitative estimate of drug-likeness (QED) is 0.469. The molecule has 9 heteroatoms. The van der Waals surface area contributed by atoms with Crippen molar-refractivity contribution in [3.05, 3.63) is 66.2 Å². The normalized spacial score (nSPS) is 10.9. The summed E-state index contributed by atoms with van der Waals surface area (Å²) in [5.74, 6) is 1.43. The first-order valence-electron chi connectivity index (χ1n) is 7.99. The number of benzene rings is 2. The Morgan fingerprint density at radius 2 is 1.81 bits per heavy atom. The van der Waals surface area contributed by atoms with Crippen molar-refractivity contribution < 1.29 is 13.5 Å². The lowest BCUT2D eigenvalue weighted by molar-refractivity contribution is 0.414. The molecule has 0 radical (unpaired) electrons. The van der Waals surface area contributed by atoms with Gasteiger partial charge in [0.05, 0.1) is 24.7 Å². The molecule has 136 valence electrons. The van der Waals surface area contributed by atoms with Crippen molar-refractivity contribution in [3.8, 4) is 22.9 Å². The summed E-state index contributed by atoms with van der Waals surface area (Å²) in [7, 11) is 1.61. The van der Waals surface area contributed by atoms with Gasteiger partial charge >= 0.3 is 0 Å². The predicted octanol–water partition coefficient (Wildman–Crippen LogP) is 3.76. The molecule has 0 spiro atoms. The van der Waals surface area contributed by atoms with E-state index in [0.29, 0.717) is 16.9 Å². The van der Waals surface area contributed by atoms with Crippen LogP contribution in [0.4, 0.5) is 4.39 Å².